The van der Waals surface area contributed by atoms with E-state index in [1.807, 2.05) is 0 Å². The number of carbonyl (C=O) groups excluding carboxylic acids is 4. The quantitative estimate of drug-likeness (QED) is 0.258. The van der Waals surface area contributed by atoms with Crippen LogP contribution in [0.25, 0.3) is 0 Å². The predicted octanol–water partition coefficient (Wildman–Crippen LogP) is -1.11. The first kappa shape index (κ1) is 23.4. The molecule has 0 aliphatic heterocycles. The molecule has 0 fully saturated rings. The van der Waals surface area contributed by atoms with Gasteiger partial charge in [0.15, 0.2) is 0 Å². The fourth-order valence-corrected chi connectivity index (χ4v) is 2.02. The first-order valence-electron chi connectivity index (χ1n) is 8.50. The molecule has 1 atom stereocenters. The Hall–Kier alpha value is -2.65. The lowest BCUT2D eigenvalue weighted by Gasteiger charge is -2.14. The number of rotatable bonds is 13. The molecule has 4 amide bonds. The maximum absolute atomic E-state index is 11.7. The van der Waals surface area contributed by atoms with Crippen molar-refractivity contribution in [2.75, 3.05) is 20.6 Å². The van der Waals surface area contributed by atoms with Crippen LogP contribution < -0.4 is 21.3 Å². The van der Waals surface area contributed by atoms with Gasteiger partial charge in [-0.1, -0.05) is 0 Å². The summed E-state index contributed by atoms with van der Waals surface area (Å²) < 4.78 is 0. The van der Waals surface area contributed by atoms with Crippen molar-refractivity contribution in [3.8, 4) is 0 Å². The highest BCUT2D eigenvalue weighted by molar-refractivity contribution is 5.86. The van der Waals surface area contributed by atoms with Crippen LogP contribution in [-0.4, -0.2) is 61.4 Å². The van der Waals surface area contributed by atoms with Crippen LogP contribution in [0.5, 0.6) is 0 Å². The van der Waals surface area contributed by atoms with Gasteiger partial charge in [-0.25, -0.2) is 4.79 Å². The van der Waals surface area contributed by atoms with Crippen LogP contribution in [0.2, 0.25) is 0 Å². The van der Waals surface area contributed by atoms with Gasteiger partial charge in [0.2, 0.25) is 23.6 Å². The summed E-state index contributed by atoms with van der Waals surface area (Å²) in [4.78, 5) is 56.4. The van der Waals surface area contributed by atoms with E-state index in [0.717, 1.165) is 0 Å². The average molecular weight is 372 g/mol. The van der Waals surface area contributed by atoms with Gasteiger partial charge in [0, 0.05) is 46.3 Å². The molecule has 0 rings (SSSR count). The van der Waals surface area contributed by atoms with Gasteiger partial charge in [-0.05, 0) is 19.3 Å². The number of amides is 4. The second kappa shape index (κ2) is 13.6. The van der Waals surface area contributed by atoms with Gasteiger partial charge >= 0.3 is 5.97 Å². The highest BCUT2D eigenvalue weighted by atomic mass is 16.4. The SMILES string of the molecule is CNC(=O)CCC(=O)NCCCCC(NC(=O)CCC(=O)NC)C(=O)O. The first-order chi connectivity index (χ1) is 12.3. The van der Waals surface area contributed by atoms with E-state index in [9.17, 15) is 24.0 Å². The zero-order valence-electron chi connectivity index (χ0n) is 15.2. The largest absolute Gasteiger partial charge is 0.480 e. The van der Waals surface area contributed by atoms with Gasteiger partial charge in [0.1, 0.15) is 6.04 Å². The summed E-state index contributed by atoms with van der Waals surface area (Å²) in [6.45, 7) is 0.365. The van der Waals surface area contributed by atoms with E-state index in [2.05, 4.69) is 21.3 Å². The Labute approximate surface area is 152 Å². The van der Waals surface area contributed by atoms with Crippen molar-refractivity contribution >= 4 is 29.6 Å². The third-order valence-corrected chi connectivity index (χ3v) is 3.59. The third-order valence-electron chi connectivity index (χ3n) is 3.59. The molecule has 5 N–H and O–H groups in total. The van der Waals surface area contributed by atoms with Gasteiger partial charge in [0.25, 0.3) is 0 Å². The molecule has 0 aromatic rings. The van der Waals surface area contributed by atoms with E-state index >= 15 is 0 Å². The summed E-state index contributed by atoms with van der Waals surface area (Å²) in [7, 11) is 2.95. The summed E-state index contributed by atoms with van der Waals surface area (Å²) in [5, 5.41) is 19.0. The van der Waals surface area contributed by atoms with E-state index in [4.69, 9.17) is 5.11 Å². The molecule has 0 spiro atoms. The number of aliphatic carboxylic acids is 1. The molecule has 26 heavy (non-hydrogen) atoms. The average Bonchev–Trinajstić information content (AvgIpc) is 2.62. The number of hydrogen-bond acceptors (Lipinski definition) is 5. The van der Waals surface area contributed by atoms with Crippen molar-refractivity contribution in [3.63, 3.8) is 0 Å². The summed E-state index contributed by atoms with van der Waals surface area (Å²) >= 11 is 0. The highest BCUT2D eigenvalue weighted by Crippen LogP contribution is 2.02. The summed E-state index contributed by atoms with van der Waals surface area (Å²) in [5.41, 5.74) is 0. The molecule has 0 heterocycles. The van der Waals surface area contributed by atoms with Crippen LogP contribution in [0.3, 0.4) is 0 Å². The maximum Gasteiger partial charge on any atom is 0.326 e. The normalized spacial score (nSPS) is 11.2. The lowest BCUT2D eigenvalue weighted by atomic mass is 10.1. The van der Waals surface area contributed by atoms with Crippen molar-refractivity contribution in [1.82, 2.24) is 21.3 Å². The van der Waals surface area contributed by atoms with Crippen molar-refractivity contribution < 1.29 is 29.1 Å². The molecule has 0 bridgehead atoms. The van der Waals surface area contributed by atoms with E-state index < -0.39 is 17.9 Å². The molecule has 0 saturated carbocycles. The van der Waals surface area contributed by atoms with E-state index in [1.54, 1.807) is 0 Å². The van der Waals surface area contributed by atoms with Crippen LogP contribution in [0.15, 0.2) is 0 Å². The number of hydrogen-bond donors (Lipinski definition) is 5. The van der Waals surface area contributed by atoms with E-state index in [1.165, 1.54) is 14.1 Å². The number of unbranched alkanes of at least 4 members (excludes halogenated alkanes) is 1. The van der Waals surface area contributed by atoms with Crippen molar-refractivity contribution in [2.45, 2.75) is 51.0 Å². The summed E-state index contributed by atoms with van der Waals surface area (Å²) in [6.07, 6.45) is 1.38. The van der Waals surface area contributed by atoms with Gasteiger partial charge in [-0.15, -0.1) is 0 Å². The molecule has 0 aliphatic carbocycles. The van der Waals surface area contributed by atoms with Crippen molar-refractivity contribution in [2.24, 2.45) is 0 Å². The Bertz CT molecular complexity index is 509. The highest BCUT2D eigenvalue weighted by Gasteiger charge is 2.19. The van der Waals surface area contributed by atoms with Crippen LogP contribution in [0, 0.1) is 0 Å². The zero-order chi connectivity index (χ0) is 19.9. The topological polar surface area (TPSA) is 154 Å². The van der Waals surface area contributed by atoms with Crippen LogP contribution in [-0.2, 0) is 24.0 Å². The molecule has 148 valence electrons. The standard InChI is InChI=1S/C16H28N4O6/c1-17-12(21)6-8-14(23)19-10-4-3-5-11(16(25)26)20-15(24)9-7-13(22)18-2/h11H,3-10H2,1-2H3,(H,17,21)(H,18,22)(H,19,23)(H,20,24)(H,25,26). The second-order valence-electron chi connectivity index (χ2n) is 5.65. The molecule has 0 aromatic heterocycles. The number of carboxylic acids is 1. The second-order valence-corrected chi connectivity index (χ2v) is 5.65. The van der Waals surface area contributed by atoms with E-state index in [-0.39, 0.29) is 49.8 Å². The number of carboxylic acid groups (broad SMARTS) is 1. The first-order valence-corrected chi connectivity index (χ1v) is 8.50. The smallest absolute Gasteiger partial charge is 0.326 e. The van der Waals surface area contributed by atoms with Crippen molar-refractivity contribution in [3.05, 3.63) is 0 Å². The molecule has 0 aromatic carbocycles. The summed E-state index contributed by atoms with van der Waals surface area (Å²) in [5.74, 6) is -2.39. The van der Waals surface area contributed by atoms with Gasteiger partial charge in [-0.2, -0.15) is 0 Å². The predicted molar refractivity (Wildman–Crippen MR) is 93.0 cm³/mol. The lowest BCUT2D eigenvalue weighted by Crippen LogP contribution is -2.41. The van der Waals surface area contributed by atoms with Gasteiger partial charge < -0.3 is 26.4 Å². The molecule has 0 aliphatic rings. The minimum atomic E-state index is -1.15. The van der Waals surface area contributed by atoms with Crippen LogP contribution in [0.4, 0.5) is 0 Å². The summed E-state index contributed by atoms with van der Waals surface area (Å²) in [6, 6.07) is -1.03. The maximum atomic E-state index is 11.7. The Morgan fingerprint density at radius 2 is 1.27 bits per heavy atom. The third kappa shape index (κ3) is 11.8. The fraction of sp³-hybridized carbons (Fsp3) is 0.688. The Balaban J connectivity index is 3.98. The lowest BCUT2D eigenvalue weighted by molar-refractivity contribution is -0.142. The van der Waals surface area contributed by atoms with Crippen LogP contribution in [0.1, 0.15) is 44.9 Å². The molecular weight excluding hydrogens is 344 g/mol. The minimum Gasteiger partial charge on any atom is -0.480 e. The Morgan fingerprint density at radius 3 is 1.77 bits per heavy atom. The molecule has 0 radical (unpaired) electrons. The number of nitrogens with one attached hydrogen (secondary N) is 4. The van der Waals surface area contributed by atoms with Gasteiger partial charge in [0.05, 0.1) is 0 Å². The molecule has 10 heteroatoms. The van der Waals surface area contributed by atoms with Crippen LogP contribution >= 0.6 is 0 Å². The Kier molecular flexibility index (Phi) is 12.2. The monoisotopic (exact) mass is 372 g/mol. The molecule has 1 unspecified atom stereocenters. The molecule has 10 nitrogen and oxygen atoms in total. The van der Waals surface area contributed by atoms with E-state index in [0.29, 0.717) is 19.4 Å². The molecular formula is C16H28N4O6. The Morgan fingerprint density at radius 1 is 0.769 bits per heavy atom. The zero-order valence-corrected chi connectivity index (χ0v) is 15.2. The minimum absolute atomic E-state index is 0.00322. The van der Waals surface area contributed by atoms with Crippen molar-refractivity contribution in [1.29, 1.82) is 0 Å². The van der Waals surface area contributed by atoms with Gasteiger partial charge in [-0.3, -0.25) is 19.2 Å². The molecule has 0 saturated heterocycles. The fourth-order valence-electron chi connectivity index (χ4n) is 2.02. The number of carbonyl (C=O) groups is 5.